The summed E-state index contributed by atoms with van der Waals surface area (Å²) in [5.74, 6) is -1.09. The van der Waals surface area contributed by atoms with Gasteiger partial charge >= 0.3 is 5.97 Å². The Morgan fingerprint density at radius 1 is 1.47 bits per heavy atom. The highest BCUT2D eigenvalue weighted by Crippen LogP contribution is 2.20. The lowest BCUT2D eigenvalue weighted by Gasteiger charge is -2.25. The van der Waals surface area contributed by atoms with Crippen molar-refractivity contribution in [3.05, 3.63) is 35.9 Å². The summed E-state index contributed by atoms with van der Waals surface area (Å²) in [7, 11) is 0. The largest absolute Gasteiger partial charge is 0.480 e. The molecule has 0 aliphatic carbocycles. The second kappa shape index (κ2) is 6.14. The van der Waals surface area contributed by atoms with Crippen LogP contribution < -0.4 is 5.73 Å². The van der Waals surface area contributed by atoms with Gasteiger partial charge in [0, 0.05) is 6.61 Å². The Labute approximate surface area is 112 Å². The van der Waals surface area contributed by atoms with E-state index in [0.29, 0.717) is 12.2 Å². The molecule has 1 aliphatic rings. The summed E-state index contributed by atoms with van der Waals surface area (Å²) in [6, 6.07) is 8.74. The van der Waals surface area contributed by atoms with E-state index in [1.165, 1.54) is 0 Å². The monoisotopic (exact) mass is 265 g/mol. The van der Waals surface area contributed by atoms with Crippen LogP contribution in [0.25, 0.3) is 0 Å². The Morgan fingerprint density at radius 3 is 2.79 bits per heavy atom. The highest BCUT2D eigenvalue weighted by molar-refractivity contribution is 5.80. The van der Waals surface area contributed by atoms with Gasteiger partial charge < -0.3 is 20.3 Å². The smallest absolute Gasteiger partial charge is 0.330 e. The van der Waals surface area contributed by atoms with Crippen molar-refractivity contribution >= 4 is 5.97 Å². The van der Waals surface area contributed by atoms with Gasteiger partial charge in [-0.05, 0) is 18.4 Å². The topological polar surface area (TPSA) is 81.8 Å². The van der Waals surface area contributed by atoms with Crippen molar-refractivity contribution in [2.45, 2.75) is 24.5 Å². The predicted octanol–water partition coefficient (Wildman–Crippen LogP) is 1.12. The van der Waals surface area contributed by atoms with Crippen LogP contribution in [0.3, 0.4) is 0 Å². The number of hydrogen-bond acceptors (Lipinski definition) is 4. The molecule has 0 radical (unpaired) electrons. The van der Waals surface area contributed by atoms with Gasteiger partial charge in [0.15, 0.2) is 5.54 Å². The lowest BCUT2D eigenvalue weighted by Crippen LogP contribution is -2.49. The molecule has 19 heavy (non-hydrogen) atoms. The van der Waals surface area contributed by atoms with E-state index in [0.717, 1.165) is 19.4 Å². The van der Waals surface area contributed by atoms with Crippen LogP contribution in [0.1, 0.15) is 18.4 Å². The maximum absolute atomic E-state index is 11.4. The maximum Gasteiger partial charge on any atom is 0.330 e. The molecule has 1 saturated heterocycles. The number of carbonyl (C=O) groups is 1. The predicted molar refractivity (Wildman–Crippen MR) is 69.7 cm³/mol. The molecule has 5 heteroatoms. The van der Waals surface area contributed by atoms with Crippen LogP contribution in [-0.2, 0) is 19.8 Å². The molecule has 0 aromatic heterocycles. The average molecular weight is 265 g/mol. The van der Waals surface area contributed by atoms with E-state index in [4.69, 9.17) is 15.2 Å². The van der Waals surface area contributed by atoms with Gasteiger partial charge in [0.05, 0.1) is 19.3 Å². The van der Waals surface area contributed by atoms with Gasteiger partial charge in [0.1, 0.15) is 0 Å². The fraction of sp³-hybridized carbons (Fsp3) is 0.500. The number of rotatable bonds is 6. The highest BCUT2D eigenvalue weighted by Gasteiger charge is 2.36. The first-order valence-electron chi connectivity index (χ1n) is 6.40. The second-order valence-corrected chi connectivity index (χ2v) is 4.79. The average Bonchev–Trinajstić information content (AvgIpc) is 2.92. The van der Waals surface area contributed by atoms with Crippen LogP contribution in [0.4, 0.5) is 0 Å². The summed E-state index contributed by atoms with van der Waals surface area (Å²) in [5.41, 5.74) is 5.00. The zero-order valence-electron chi connectivity index (χ0n) is 10.7. The maximum atomic E-state index is 11.4. The lowest BCUT2D eigenvalue weighted by atomic mass is 9.92. The van der Waals surface area contributed by atoms with Gasteiger partial charge in [0.25, 0.3) is 0 Å². The van der Waals surface area contributed by atoms with E-state index < -0.39 is 11.5 Å². The Bertz CT molecular complexity index is 417. The van der Waals surface area contributed by atoms with Crippen molar-refractivity contribution in [3.63, 3.8) is 0 Å². The third-order valence-electron chi connectivity index (χ3n) is 3.33. The van der Waals surface area contributed by atoms with Gasteiger partial charge in [-0.15, -0.1) is 0 Å². The van der Waals surface area contributed by atoms with E-state index in [2.05, 4.69) is 0 Å². The van der Waals surface area contributed by atoms with Crippen LogP contribution in [0.2, 0.25) is 0 Å². The molecule has 2 unspecified atom stereocenters. The molecule has 1 fully saturated rings. The summed E-state index contributed by atoms with van der Waals surface area (Å²) < 4.78 is 10.9. The number of aliphatic carboxylic acids is 1. The number of carboxylic acid groups (broad SMARTS) is 1. The molecular weight excluding hydrogens is 246 g/mol. The summed E-state index contributed by atoms with van der Waals surface area (Å²) in [4.78, 5) is 11.4. The Balaban J connectivity index is 1.97. The second-order valence-electron chi connectivity index (χ2n) is 4.79. The first kappa shape index (κ1) is 14.0. The number of nitrogens with two attached hydrogens (primary N) is 1. The first-order valence-corrected chi connectivity index (χ1v) is 6.40. The number of carboxylic acids is 1. The molecule has 0 amide bonds. The fourth-order valence-electron chi connectivity index (χ4n) is 2.13. The standard InChI is InChI=1S/C14H19NO4/c15-14(13(16)17,11-5-2-1-3-6-11)10-18-9-12-7-4-8-19-12/h1-3,5-6,12H,4,7-10,15H2,(H,16,17). The van der Waals surface area contributed by atoms with Crippen molar-refractivity contribution in [1.82, 2.24) is 0 Å². The van der Waals surface area contributed by atoms with E-state index in [1.807, 2.05) is 6.07 Å². The van der Waals surface area contributed by atoms with Gasteiger partial charge in [-0.1, -0.05) is 30.3 Å². The van der Waals surface area contributed by atoms with Crippen LogP contribution in [0.15, 0.2) is 30.3 Å². The van der Waals surface area contributed by atoms with Crippen molar-refractivity contribution in [2.24, 2.45) is 5.73 Å². The molecule has 0 spiro atoms. The quantitative estimate of drug-likeness (QED) is 0.805. The van der Waals surface area contributed by atoms with Gasteiger partial charge in [-0.3, -0.25) is 0 Å². The molecule has 1 aliphatic heterocycles. The van der Waals surface area contributed by atoms with Crippen LogP contribution in [0, 0.1) is 0 Å². The molecule has 0 bridgehead atoms. The molecule has 104 valence electrons. The molecule has 5 nitrogen and oxygen atoms in total. The van der Waals surface area contributed by atoms with E-state index in [9.17, 15) is 9.90 Å². The molecule has 3 N–H and O–H groups in total. The van der Waals surface area contributed by atoms with E-state index >= 15 is 0 Å². The van der Waals surface area contributed by atoms with Crippen LogP contribution in [0.5, 0.6) is 0 Å². The molecule has 1 aromatic carbocycles. The lowest BCUT2D eigenvalue weighted by molar-refractivity contribution is -0.147. The summed E-state index contributed by atoms with van der Waals surface area (Å²) in [5, 5.41) is 9.34. The first-order chi connectivity index (χ1) is 9.13. The molecule has 2 rings (SSSR count). The SMILES string of the molecule is NC(COCC1CCCO1)(C(=O)O)c1ccccc1. The van der Waals surface area contributed by atoms with E-state index in [1.54, 1.807) is 24.3 Å². The van der Waals surface area contributed by atoms with Crippen molar-refractivity contribution in [1.29, 1.82) is 0 Å². The highest BCUT2D eigenvalue weighted by atomic mass is 16.5. The number of ether oxygens (including phenoxy) is 2. The fourth-order valence-corrected chi connectivity index (χ4v) is 2.13. The van der Waals surface area contributed by atoms with Gasteiger partial charge in [-0.25, -0.2) is 4.79 Å². The minimum absolute atomic E-state index is 0.0633. The Hall–Kier alpha value is -1.43. The van der Waals surface area contributed by atoms with Crippen LogP contribution in [-0.4, -0.2) is 37.0 Å². The Morgan fingerprint density at radius 2 is 2.21 bits per heavy atom. The van der Waals surface area contributed by atoms with Crippen molar-refractivity contribution in [2.75, 3.05) is 19.8 Å². The zero-order chi connectivity index (χ0) is 13.7. The van der Waals surface area contributed by atoms with Crippen molar-refractivity contribution < 1.29 is 19.4 Å². The molecule has 2 atom stereocenters. The minimum atomic E-state index is -1.51. The number of hydrogen-bond donors (Lipinski definition) is 2. The third kappa shape index (κ3) is 3.32. The summed E-state index contributed by atoms with van der Waals surface area (Å²) in [6.45, 7) is 1.07. The van der Waals surface area contributed by atoms with Gasteiger partial charge in [-0.2, -0.15) is 0 Å². The summed E-state index contributed by atoms with van der Waals surface area (Å²) in [6.07, 6.45) is 2.05. The Kier molecular flexibility index (Phi) is 4.52. The minimum Gasteiger partial charge on any atom is -0.480 e. The molecular formula is C14H19NO4. The van der Waals surface area contributed by atoms with Crippen LogP contribution >= 0.6 is 0 Å². The molecule has 1 heterocycles. The normalized spacial score (nSPS) is 22.1. The molecule has 0 saturated carbocycles. The van der Waals surface area contributed by atoms with Gasteiger partial charge in [0.2, 0.25) is 0 Å². The van der Waals surface area contributed by atoms with E-state index in [-0.39, 0.29) is 12.7 Å². The molecule has 1 aromatic rings. The van der Waals surface area contributed by atoms with Crippen molar-refractivity contribution in [3.8, 4) is 0 Å². The third-order valence-corrected chi connectivity index (χ3v) is 3.33. The summed E-state index contributed by atoms with van der Waals surface area (Å²) >= 11 is 0. The number of benzene rings is 1. The zero-order valence-corrected chi connectivity index (χ0v) is 10.7.